The second kappa shape index (κ2) is 8.84. The summed E-state index contributed by atoms with van der Waals surface area (Å²) in [6.45, 7) is 1.54. The van der Waals surface area contributed by atoms with Gasteiger partial charge in [-0.15, -0.1) is 0 Å². The minimum atomic E-state index is -1.04. The molecule has 1 rings (SSSR count). The van der Waals surface area contributed by atoms with E-state index in [0.29, 0.717) is 26.4 Å². The minimum Gasteiger partial charge on any atom is -0.480 e. The Labute approximate surface area is 112 Å². The number of aliphatic carboxylic acids is 1. The van der Waals surface area contributed by atoms with Crippen molar-refractivity contribution in [3.63, 3.8) is 0 Å². The minimum absolute atomic E-state index is 0.166. The van der Waals surface area contributed by atoms with Gasteiger partial charge in [0, 0.05) is 19.6 Å². The highest BCUT2D eigenvalue weighted by Crippen LogP contribution is 2.17. The van der Waals surface area contributed by atoms with Crippen molar-refractivity contribution in [2.24, 2.45) is 5.92 Å². The van der Waals surface area contributed by atoms with Crippen LogP contribution in [0.1, 0.15) is 12.8 Å². The number of carbonyl (C=O) groups is 2. The summed E-state index contributed by atoms with van der Waals surface area (Å²) in [6.07, 6.45) is 1.55. The molecule has 0 aromatic carbocycles. The maximum absolute atomic E-state index is 11.6. The summed E-state index contributed by atoms with van der Waals surface area (Å²) in [6, 6.07) is -0.918. The number of hydrogen-bond acceptors (Lipinski definition) is 5. The second-order valence-corrected chi connectivity index (χ2v) is 4.41. The summed E-state index contributed by atoms with van der Waals surface area (Å²) in [5.74, 6) is -1.66. The number of carboxylic acid groups (broad SMARTS) is 1. The van der Waals surface area contributed by atoms with Crippen LogP contribution in [0.2, 0.25) is 0 Å². The van der Waals surface area contributed by atoms with Crippen LogP contribution < -0.4 is 5.32 Å². The maximum Gasteiger partial charge on any atom is 0.326 e. The molecule has 7 nitrogen and oxygen atoms in total. The van der Waals surface area contributed by atoms with Crippen LogP contribution in [-0.4, -0.2) is 63.2 Å². The number of hydrogen-bond donors (Lipinski definition) is 2. The van der Waals surface area contributed by atoms with E-state index in [1.54, 1.807) is 0 Å². The summed E-state index contributed by atoms with van der Waals surface area (Å²) in [5.41, 5.74) is 0. The molecule has 0 radical (unpaired) electrons. The molecule has 1 saturated heterocycles. The van der Waals surface area contributed by atoms with Crippen LogP contribution in [0.4, 0.5) is 0 Å². The molecule has 0 aliphatic carbocycles. The van der Waals surface area contributed by atoms with Crippen molar-refractivity contribution in [2.45, 2.75) is 18.9 Å². The summed E-state index contributed by atoms with van der Waals surface area (Å²) >= 11 is 0. The van der Waals surface area contributed by atoms with Gasteiger partial charge in [-0.05, 0) is 12.8 Å². The first-order chi connectivity index (χ1) is 9.15. The van der Waals surface area contributed by atoms with Crippen LogP contribution in [0.3, 0.4) is 0 Å². The van der Waals surface area contributed by atoms with Crippen LogP contribution in [0.5, 0.6) is 0 Å². The maximum atomic E-state index is 11.6. The Morgan fingerprint density at radius 1 is 1.47 bits per heavy atom. The van der Waals surface area contributed by atoms with Crippen LogP contribution in [0, 0.1) is 5.92 Å². The van der Waals surface area contributed by atoms with E-state index in [1.807, 2.05) is 0 Å². The third-order valence-corrected chi connectivity index (χ3v) is 2.91. The molecule has 110 valence electrons. The van der Waals surface area contributed by atoms with Crippen molar-refractivity contribution in [3.05, 3.63) is 0 Å². The summed E-state index contributed by atoms with van der Waals surface area (Å²) < 4.78 is 15.1. The Hall–Kier alpha value is -1.18. The Bertz CT molecular complexity index is 290. The average molecular weight is 275 g/mol. The third-order valence-electron chi connectivity index (χ3n) is 2.91. The van der Waals surface area contributed by atoms with Gasteiger partial charge in [0.25, 0.3) is 0 Å². The lowest BCUT2D eigenvalue weighted by Gasteiger charge is -2.28. The number of amides is 1. The molecule has 7 heteroatoms. The van der Waals surface area contributed by atoms with Crippen molar-refractivity contribution in [2.75, 3.05) is 40.1 Å². The molecular weight excluding hydrogens is 254 g/mol. The van der Waals surface area contributed by atoms with Crippen molar-refractivity contribution >= 4 is 11.9 Å². The summed E-state index contributed by atoms with van der Waals surface area (Å²) in [7, 11) is 1.53. The predicted octanol–water partition coefficient (Wildman–Crippen LogP) is -0.355. The highest BCUT2D eigenvalue weighted by molar-refractivity contribution is 5.84. The first kappa shape index (κ1) is 15.9. The van der Waals surface area contributed by atoms with Gasteiger partial charge in [-0.2, -0.15) is 0 Å². The molecule has 2 N–H and O–H groups in total. The number of methoxy groups -OCH3 is 1. The Morgan fingerprint density at radius 2 is 2.26 bits per heavy atom. The van der Waals surface area contributed by atoms with E-state index in [-0.39, 0.29) is 12.5 Å². The predicted molar refractivity (Wildman–Crippen MR) is 65.8 cm³/mol. The second-order valence-electron chi connectivity index (χ2n) is 4.41. The molecular formula is C12H21NO6. The van der Waals surface area contributed by atoms with Gasteiger partial charge < -0.3 is 24.6 Å². The van der Waals surface area contributed by atoms with Crippen LogP contribution in [-0.2, 0) is 23.8 Å². The number of nitrogens with one attached hydrogen (secondary N) is 1. The topological polar surface area (TPSA) is 94.1 Å². The van der Waals surface area contributed by atoms with Crippen LogP contribution >= 0.6 is 0 Å². The zero-order valence-corrected chi connectivity index (χ0v) is 11.1. The zero-order chi connectivity index (χ0) is 14.1. The quantitative estimate of drug-likeness (QED) is 0.588. The monoisotopic (exact) mass is 275 g/mol. The highest BCUT2D eigenvalue weighted by Gasteiger charge is 2.31. The van der Waals surface area contributed by atoms with Crippen molar-refractivity contribution in [1.29, 1.82) is 0 Å². The van der Waals surface area contributed by atoms with Crippen LogP contribution in [0.25, 0.3) is 0 Å². The molecule has 0 spiro atoms. The van der Waals surface area contributed by atoms with Gasteiger partial charge >= 0.3 is 5.97 Å². The zero-order valence-electron chi connectivity index (χ0n) is 11.1. The van der Waals surface area contributed by atoms with Gasteiger partial charge in [-0.1, -0.05) is 0 Å². The van der Waals surface area contributed by atoms with E-state index >= 15 is 0 Å². The standard InChI is InChI=1S/C12H21NO6/c1-17-5-6-19-8-10(14)13-11(12(15)16)9-3-2-4-18-7-9/h9,11H,2-8H2,1H3,(H,13,14)(H,15,16). The molecule has 1 heterocycles. The van der Waals surface area contributed by atoms with E-state index in [4.69, 9.17) is 19.3 Å². The van der Waals surface area contributed by atoms with Crippen molar-refractivity contribution < 1.29 is 28.9 Å². The first-order valence-corrected chi connectivity index (χ1v) is 6.31. The number of rotatable bonds is 8. The first-order valence-electron chi connectivity index (χ1n) is 6.31. The molecule has 2 unspecified atom stereocenters. The average Bonchev–Trinajstić information content (AvgIpc) is 2.41. The lowest BCUT2D eigenvalue weighted by Crippen LogP contribution is -2.49. The fraction of sp³-hybridized carbons (Fsp3) is 0.833. The Kier molecular flexibility index (Phi) is 7.39. The molecule has 0 aromatic rings. The van der Waals surface area contributed by atoms with Gasteiger partial charge in [-0.25, -0.2) is 4.79 Å². The van der Waals surface area contributed by atoms with E-state index in [1.165, 1.54) is 7.11 Å². The van der Waals surface area contributed by atoms with Gasteiger partial charge in [0.15, 0.2) is 0 Å². The third kappa shape index (κ3) is 6.00. The molecule has 1 amide bonds. The van der Waals surface area contributed by atoms with Crippen LogP contribution in [0.15, 0.2) is 0 Å². The highest BCUT2D eigenvalue weighted by atomic mass is 16.5. The van der Waals surface area contributed by atoms with E-state index in [2.05, 4.69) is 5.32 Å². The van der Waals surface area contributed by atoms with E-state index < -0.39 is 17.9 Å². The number of carboxylic acids is 1. The molecule has 1 fully saturated rings. The van der Waals surface area contributed by atoms with Crippen molar-refractivity contribution in [3.8, 4) is 0 Å². The van der Waals surface area contributed by atoms with Crippen molar-refractivity contribution in [1.82, 2.24) is 5.32 Å². The number of carbonyl (C=O) groups excluding carboxylic acids is 1. The van der Waals surface area contributed by atoms with Gasteiger partial charge in [0.05, 0.1) is 19.8 Å². The van der Waals surface area contributed by atoms with Gasteiger partial charge in [-0.3, -0.25) is 4.79 Å². The molecule has 19 heavy (non-hydrogen) atoms. The van der Waals surface area contributed by atoms with E-state index in [0.717, 1.165) is 12.8 Å². The van der Waals surface area contributed by atoms with Gasteiger partial charge in [0.2, 0.25) is 5.91 Å². The molecule has 1 aliphatic rings. The lowest BCUT2D eigenvalue weighted by atomic mass is 9.94. The number of ether oxygens (including phenoxy) is 3. The van der Waals surface area contributed by atoms with Gasteiger partial charge in [0.1, 0.15) is 12.6 Å². The fourth-order valence-electron chi connectivity index (χ4n) is 1.93. The fourth-order valence-corrected chi connectivity index (χ4v) is 1.93. The SMILES string of the molecule is COCCOCC(=O)NC(C(=O)O)C1CCCOC1. The molecule has 0 saturated carbocycles. The largest absolute Gasteiger partial charge is 0.480 e. The Balaban J connectivity index is 2.35. The molecule has 1 aliphatic heterocycles. The summed E-state index contributed by atoms with van der Waals surface area (Å²) in [4.78, 5) is 22.8. The normalized spacial score (nSPS) is 20.8. The lowest BCUT2D eigenvalue weighted by molar-refractivity contribution is -0.146. The molecule has 2 atom stereocenters. The Morgan fingerprint density at radius 3 is 2.84 bits per heavy atom. The molecule has 0 bridgehead atoms. The molecule has 0 aromatic heterocycles. The smallest absolute Gasteiger partial charge is 0.326 e. The summed E-state index contributed by atoms with van der Waals surface area (Å²) in [5, 5.41) is 11.6. The van der Waals surface area contributed by atoms with E-state index in [9.17, 15) is 9.59 Å².